The number of carbonyl (C=O) groups excluding carboxylic acids is 1. The van der Waals surface area contributed by atoms with Crippen LogP contribution in [0.25, 0.3) is 0 Å². The predicted octanol–water partition coefficient (Wildman–Crippen LogP) is 3.73. The molecule has 1 aliphatic carbocycles. The highest BCUT2D eigenvalue weighted by Crippen LogP contribution is 2.41. The quantitative estimate of drug-likeness (QED) is 0.877. The van der Waals surface area contributed by atoms with Gasteiger partial charge in [0.1, 0.15) is 0 Å². The van der Waals surface area contributed by atoms with Crippen LogP contribution in [0.1, 0.15) is 55.3 Å². The van der Waals surface area contributed by atoms with Gasteiger partial charge in [0.2, 0.25) is 5.91 Å². The molecule has 0 bridgehead atoms. The summed E-state index contributed by atoms with van der Waals surface area (Å²) >= 11 is 1.71. The molecule has 1 fully saturated rings. The molecule has 1 saturated carbocycles. The highest BCUT2D eigenvalue weighted by molar-refractivity contribution is 7.10. The standard InChI is InChI=1S/C18H25N3OS/c1-13(11-15-12-14(2)20-21-15)19-17(22)18(8-4-3-5-9-18)16-7-6-10-23-16/h6-7,10,12-13H,3-5,8-9,11H2,1-2H3,(H,19,22)(H,20,21). The van der Waals surface area contributed by atoms with Crippen molar-refractivity contribution >= 4 is 17.2 Å². The number of carbonyl (C=O) groups is 1. The van der Waals surface area contributed by atoms with Crippen LogP contribution in [0.5, 0.6) is 0 Å². The maximum atomic E-state index is 13.1. The Morgan fingerprint density at radius 2 is 2.22 bits per heavy atom. The van der Waals surface area contributed by atoms with E-state index >= 15 is 0 Å². The van der Waals surface area contributed by atoms with E-state index < -0.39 is 0 Å². The van der Waals surface area contributed by atoms with E-state index in [0.29, 0.717) is 0 Å². The number of hydrogen-bond donors (Lipinski definition) is 2. The van der Waals surface area contributed by atoms with Crippen molar-refractivity contribution in [2.75, 3.05) is 0 Å². The van der Waals surface area contributed by atoms with Gasteiger partial charge in [0.25, 0.3) is 0 Å². The Kier molecular flexibility index (Phi) is 4.85. The Bertz CT molecular complexity index is 641. The molecule has 5 heteroatoms. The predicted molar refractivity (Wildman–Crippen MR) is 93.7 cm³/mol. The fourth-order valence-corrected chi connectivity index (χ4v) is 4.58. The van der Waals surface area contributed by atoms with Gasteiger partial charge in [0, 0.05) is 23.0 Å². The summed E-state index contributed by atoms with van der Waals surface area (Å²) in [4.78, 5) is 14.3. The molecule has 23 heavy (non-hydrogen) atoms. The largest absolute Gasteiger partial charge is 0.352 e. The van der Waals surface area contributed by atoms with E-state index in [0.717, 1.165) is 43.5 Å². The smallest absolute Gasteiger partial charge is 0.231 e. The molecule has 2 aromatic heterocycles. The van der Waals surface area contributed by atoms with Crippen molar-refractivity contribution in [1.82, 2.24) is 15.5 Å². The summed E-state index contributed by atoms with van der Waals surface area (Å²) in [6.45, 7) is 4.06. The molecule has 1 aliphatic rings. The fraction of sp³-hybridized carbons (Fsp3) is 0.556. The first-order valence-electron chi connectivity index (χ1n) is 8.46. The van der Waals surface area contributed by atoms with Gasteiger partial charge in [-0.15, -0.1) is 11.3 Å². The Morgan fingerprint density at radius 1 is 1.43 bits per heavy atom. The first-order valence-corrected chi connectivity index (χ1v) is 9.34. The van der Waals surface area contributed by atoms with Gasteiger partial charge in [-0.1, -0.05) is 25.3 Å². The van der Waals surface area contributed by atoms with Gasteiger partial charge in [-0.25, -0.2) is 0 Å². The minimum Gasteiger partial charge on any atom is -0.352 e. The van der Waals surface area contributed by atoms with Crippen molar-refractivity contribution in [2.45, 2.75) is 63.8 Å². The van der Waals surface area contributed by atoms with Gasteiger partial charge in [-0.05, 0) is 44.2 Å². The molecule has 2 heterocycles. The van der Waals surface area contributed by atoms with Gasteiger partial charge < -0.3 is 5.32 Å². The lowest BCUT2D eigenvalue weighted by Gasteiger charge is -2.36. The van der Waals surface area contributed by atoms with Gasteiger partial charge in [-0.3, -0.25) is 9.89 Å². The summed E-state index contributed by atoms with van der Waals surface area (Å²) in [6, 6.07) is 6.30. The second-order valence-corrected chi connectivity index (χ2v) is 7.69. The second kappa shape index (κ2) is 6.87. The maximum absolute atomic E-state index is 13.1. The van der Waals surface area contributed by atoms with Crippen LogP contribution in [0.2, 0.25) is 0 Å². The summed E-state index contributed by atoms with van der Waals surface area (Å²) in [5.74, 6) is 0.194. The van der Waals surface area contributed by atoms with E-state index in [1.54, 1.807) is 11.3 Å². The Balaban J connectivity index is 1.71. The van der Waals surface area contributed by atoms with E-state index in [-0.39, 0.29) is 17.4 Å². The molecule has 0 aromatic carbocycles. The number of hydrogen-bond acceptors (Lipinski definition) is 3. The molecular formula is C18H25N3OS. The Hall–Kier alpha value is -1.62. The van der Waals surface area contributed by atoms with Crippen molar-refractivity contribution < 1.29 is 4.79 Å². The lowest BCUT2D eigenvalue weighted by atomic mass is 9.72. The highest BCUT2D eigenvalue weighted by atomic mass is 32.1. The summed E-state index contributed by atoms with van der Waals surface area (Å²) < 4.78 is 0. The number of H-pyrrole nitrogens is 1. The summed E-state index contributed by atoms with van der Waals surface area (Å²) in [5.41, 5.74) is 1.74. The third kappa shape index (κ3) is 3.50. The average Bonchev–Trinajstić information content (AvgIpc) is 3.20. The highest BCUT2D eigenvalue weighted by Gasteiger charge is 2.42. The summed E-state index contributed by atoms with van der Waals surface area (Å²) in [7, 11) is 0. The zero-order valence-electron chi connectivity index (χ0n) is 13.9. The molecule has 4 nitrogen and oxygen atoms in total. The van der Waals surface area contributed by atoms with Crippen molar-refractivity contribution in [3.05, 3.63) is 39.8 Å². The van der Waals surface area contributed by atoms with Crippen LogP contribution in [0.4, 0.5) is 0 Å². The molecular weight excluding hydrogens is 306 g/mol. The van der Waals surface area contributed by atoms with Gasteiger partial charge in [0.05, 0.1) is 11.1 Å². The molecule has 0 spiro atoms. The van der Waals surface area contributed by atoms with E-state index in [9.17, 15) is 4.79 Å². The second-order valence-electron chi connectivity index (χ2n) is 6.74. The van der Waals surface area contributed by atoms with Crippen LogP contribution in [-0.4, -0.2) is 22.1 Å². The van der Waals surface area contributed by atoms with Crippen LogP contribution < -0.4 is 5.32 Å². The molecule has 3 rings (SSSR count). The van der Waals surface area contributed by atoms with Crippen molar-refractivity contribution in [3.8, 4) is 0 Å². The third-order valence-corrected chi connectivity index (χ3v) is 5.86. The van der Waals surface area contributed by atoms with Crippen molar-refractivity contribution in [3.63, 3.8) is 0 Å². The number of aromatic nitrogens is 2. The van der Waals surface area contributed by atoms with Crippen molar-refractivity contribution in [1.29, 1.82) is 0 Å². The van der Waals surface area contributed by atoms with E-state index in [1.807, 2.05) is 13.0 Å². The van der Waals surface area contributed by atoms with Crippen LogP contribution >= 0.6 is 11.3 Å². The number of nitrogens with zero attached hydrogens (tertiary/aromatic N) is 1. The monoisotopic (exact) mass is 331 g/mol. The van der Waals surface area contributed by atoms with Crippen LogP contribution in [0.15, 0.2) is 23.6 Å². The van der Waals surface area contributed by atoms with Gasteiger partial charge in [-0.2, -0.15) is 5.10 Å². The zero-order chi connectivity index (χ0) is 16.3. The minimum atomic E-state index is -0.317. The van der Waals surface area contributed by atoms with Gasteiger partial charge in [0.15, 0.2) is 0 Å². The molecule has 1 atom stereocenters. The zero-order valence-corrected chi connectivity index (χ0v) is 14.7. The van der Waals surface area contributed by atoms with Crippen LogP contribution in [0.3, 0.4) is 0 Å². The third-order valence-electron chi connectivity index (χ3n) is 4.79. The minimum absolute atomic E-state index is 0.0870. The first kappa shape index (κ1) is 16.2. The Labute approximate surface area is 141 Å². The number of rotatable bonds is 5. The van der Waals surface area contributed by atoms with Crippen molar-refractivity contribution in [2.24, 2.45) is 0 Å². The fourth-order valence-electron chi connectivity index (χ4n) is 3.60. The van der Waals surface area contributed by atoms with E-state index in [2.05, 4.69) is 40.0 Å². The van der Waals surface area contributed by atoms with E-state index in [1.165, 1.54) is 11.3 Å². The first-order chi connectivity index (χ1) is 11.1. The van der Waals surface area contributed by atoms with Crippen LogP contribution in [-0.2, 0) is 16.6 Å². The number of thiophene rings is 1. The molecule has 124 valence electrons. The van der Waals surface area contributed by atoms with E-state index in [4.69, 9.17) is 0 Å². The maximum Gasteiger partial charge on any atom is 0.231 e. The van der Waals surface area contributed by atoms with Gasteiger partial charge >= 0.3 is 0 Å². The SMILES string of the molecule is Cc1cc(CC(C)NC(=O)C2(c3cccs3)CCCCC2)n[nH]1. The Morgan fingerprint density at radius 3 is 2.83 bits per heavy atom. The number of aromatic amines is 1. The average molecular weight is 331 g/mol. The lowest BCUT2D eigenvalue weighted by Crippen LogP contribution is -2.48. The molecule has 1 unspecified atom stereocenters. The number of nitrogens with one attached hydrogen (secondary N) is 2. The molecule has 1 amide bonds. The number of amides is 1. The lowest BCUT2D eigenvalue weighted by molar-refractivity contribution is -0.128. The summed E-state index contributed by atoms with van der Waals surface area (Å²) in [6.07, 6.45) is 6.21. The molecule has 2 N–H and O–H groups in total. The molecule has 0 aliphatic heterocycles. The topological polar surface area (TPSA) is 57.8 Å². The molecule has 0 saturated heterocycles. The molecule has 0 radical (unpaired) electrons. The number of aryl methyl sites for hydroxylation is 1. The normalized spacial score (nSPS) is 18.5. The summed E-state index contributed by atoms with van der Waals surface area (Å²) in [5, 5.41) is 12.6. The van der Waals surface area contributed by atoms with Crippen LogP contribution in [0, 0.1) is 6.92 Å². The molecule has 2 aromatic rings.